The number of halogens is 1. The predicted molar refractivity (Wildman–Crippen MR) is 112 cm³/mol. The van der Waals surface area contributed by atoms with Gasteiger partial charge in [-0.1, -0.05) is 54.6 Å². The predicted octanol–water partition coefficient (Wildman–Crippen LogP) is -0.710. The molecule has 6 heteroatoms. The van der Waals surface area contributed by atoms with E-state index in [1.807, 2.05) is 18.2 Å². The molecule has 0 fully saturated rings. The number of benzene rings is 3. The highest BCUT2D eigenvalue weighted by Gasteiger charge is 2.45. The summed E-state index contributed by atoms with van der Waals surface area (Å²) in [5.74, 6) is 0. The van der Waals surface area contributed by atoms with Crippen molar-refractivity contribution in [3.63, 3.8) is 0 Å². The lowest BCUT2D eigenvalue weighted by atomic mass is 10.4. The van der Waals surface area contributed by atoms with Crippen LogP contribution in [-0.4, -0.2) is 29.4 Å². The maximum absolute atomic E-state index is 9.49. The molecule has 0 amide bonds. The van der Waals surface area contributed by atoms with Crippen LogP contribution in [0.1, 0.15) is 6.42 Å². The van der Waals surface area contributed by atoms with E-state index >= 15 is 0 Å². The molecule has 0 saturated carbocycles. The van der Waals surface area contributed by atoms with Gasteiger partial charge < -0.3 is 38.4 Å². The lowest BCUT2D eigenvalue weighted by molar-refractivity contribution is -0.0000130. The van der Waals surface area contributed by atoms with Gasteiger partial charge in [0.05, 0.1) is 6.16 Å². The van der Waals surface area contributed by atoms with Gasteiger partial charge >= 0.3 is 8.80 Å². The van der Waals surface area contributed by atoms with Crippen LogP contribution in [0.5, 0.6) is 0 Å². The van der Waals surface area contributed by atoms with Gasteiger partial charge in [-0.05, 0) is 42.8 Å². The van der Waals surface area contributed by atoms with Crippen molar-refractivity contribution >= 4 is 32.0 Å². The second-order valence-corrected chi connectivity index (χ2v) is 12.1. The van der Waals surface area contributed by atoms with Gasteiger partial charge in [-0.2, -0.15) is 0 Å². The molecular formula is C21H24IO3PSi. The van der Waals surface area contributed by atoms with Crippen LogP contribution in [-0.2, 0) is 0 Å². The highest BCUT2D eigenvalue weighted by Crippen LogP contribution is 2.56. The fourth-order valence-corrected chi connectivity index (χ4v) is 8.73. The summed E-state index contributed by atoms with van der Waals surface area (Å²) in [4.78, 5) is 28.5. The second-order valence-electron chi connectivity index (χ2n) is 6.42. The van der Waals surface area contributed by atoms with Crippen LogP contribution in [0, 0.1) is 0 Å². The van der Waals surface area contributed by atoms with E-state index in [0.29, 0.717) is 6.42 Å². The molecule has 0 bridgehead atoms. The number of rotatable bonds is 7. The van der Waals surface area contributed by atoms with Gasteiger partial charge in [0.25, 0.3) is 0 Å². The van der Waals surface area contributed by atoms with Gasteiger partial charge in [0, 0.05) is 6.04 Å². The molecule has 0 aromatic heterocycles. The molecule has 0 heterocycles. The van der Waals surface area contributed by atoms with E-state index in [-0.39, 0.29) is 30.0 Å². The molecule has 0 radical (unpaired) electrons. The summed E-state index contributed by atoms with van der Waals surface area (Å²) in [6.07, 6.45) is 1.34. The standard InChI is InChI=1S/C21H24O3PSi.HI/c22-26(23,24)18-10-17-25(19-11-4-1-5-12-19,20-13-6-2-7-14-20)21-15-8-3-9-16-21;/h1-9,11-16,22-24H,10,17-18H2;1H/q+1;/p-1. The van der Waals surface area contributed by atoms with Crippen molar-refractivity contribution < 1.29 is 38.4 Å². The Balaban J connectivity index is 0.00000261. The molecule has 0 aliphatic rings. The second kappa shape index (κ2) is 9.91. The van der Waals surface area contributed by atoms with Crippen molar-refractivity contribution in [2.45, 2.75) is 12.5 Å². The van der Waals surface area contributed by atoms with Gasteiger partial charge in [-0.25, -0.2) is 0 Å². The highest BCUT2D eigenvalue weighted by molar-refractivity contribution is 7.95. The van der Waals surface area contributed by atoms with Gasteiger partial charge in [-0.15, -0.1) is 0 Å². The maximum atomic E-state index is 9.49. The third-order valence-corrected chi connectivity index (χ3v) is 10.1. The minimum absolute atomic E-state index is 0. The summed E-state index contributed by atoms with van der Waals surface area (Å²) < 4.78 is 0. The van der Waals surface area contributed by atoms with Crippen LogP contribution in [0.2, 0.25) is 6.04 Å². The van der Waals surface area contributed by atoms with Crippen LogP contribution in [0.4, 0.5) is 0 Å². The van der Waals surface area contributed by atoms with Crippen LogP contribution in [0.3, 0.4) is 0 Å². The molecule has 3 rings (SSSR count). The van der Waals surface area contributed by atoms with Crippen molar-refractivity contribution in [1.29, 1.82) is 0 Å². The monoisotopic (exact) mass is 510 g/mol. The van der Waals surface area contributed by atoms with Gasteiger partial charge in [0.15, 0.2) is 0 Å². The number of hydrogen-bond donors (Lipinski definition) is 3. The summed E-state index contributed by atoms with van der Waals surface area (Å²) in [5, 5.41) is 3.79. The summed E-state index contributed by atoms with van der Waals surface area (Å²) in [5.41, 5.74) is 0. The van der Waals surface area contributed by atoms with Crippen molar-refractivity contribution in [3.8, 4) is 0 Å². The van der Waals surface area contributed by atoms with Gasteiger partial charge in [0.1, 0.15) is 23.2 Å². The minimum atomic E-state index is -4.04. The zero-order valence-corrected chi connectivity index (χ0v) is 19.0. The maximum Gasteiger partial charge on any atom is 0.492 e. The van der Waals surface area contributed by atoms with E-state index in [1.54, 1.807) is 0 Å². The molecule has 0 saturated heterocycles. The molecule has 3 aromatic carbocycles. The van der Waals surface area contributed by atoms with E-state index < -0.39 is 16.1 Å². The zero-order chi connectivity index (χ0) is 18.5. The lowest BCUT2D eigenvalue weighted by Crippen LogP contribution is -3.00. The van der Waals surface area contributed by atoms with Crippen molar-refractivity contribution in [3.05, 3.63) is 91.0 Å². The van der Waals surface area contributed by atoms with E-state index in [1.165, 1.54) is 15.9 Å². The Morgan fingerprint density at radius 3 is 1.22 bits per heavy atom. The fourth-order valence-electron chi connectivity index (χ4n) is 3.44. The first-order valence-electron chi connectivity index (χ1n) is 8.74. The Hall–Kier alpha value is -1.08. The average Bonchev–Trinajstić information content (AvgIpc) is 2.67. The largest absolute Gasteiger partial charge is 1.00 e. The Morgan fingerprint density at radius 1 is 0.593 bits per heavy atom. The molecule has 0 aliphatic heterocycles. The normalized spacial score (nSPS) is 11.7. The smallest absolute Gasteiger partial charge is 0.492 e. The van der Waals surface area contributed by atoms with Gasteiger partial charge in [0.2, 0.25) is 0 Å². The third-order valence-electron chi connectivity index (χ3n) is 4.60. The topological polar surface area (TPSA) is 60.7 Å². The molecule has 0 unspecified atom stereocenters. The third kappa shape index (κ3) is 5.47. The highest BCUT2D eigenvalue weighted by atomic mass is 127. The van der Waals surface area contributed by atoms with Gasteiger partial charge in [-0.3, -0.25) is 0 Å². The number of hydrogen-bond acceptors (Lipinski definition) is 3. The molecule has 0 spiro atoms. The van der Waals surface area contributed by atoms with Crippen molar-refractivity contribution in [1.82, 2.24) is 0 Å². The van der Waals surface area contributed by atoms with Crippen molar-refractivity contribution in [2.75, 3.05) is 6.16 Å². The lowest BCUT2D eigenvalue weighted by Gasteiger charge is -2.28. The molecule has 0 atom stereocenters. The molecular weight excluding hydrogens is 486 g/mol. The molecule has 3 aromatic rings. The van der Waals surface area contributed by atoms with E-state index in [2.05, 4.69) is 72.8 Å². The minimum Gasteiger partial charge on any atom is -1.00 e. The Labute approximate surface area is 179 Å². The van der Waals surface area contributed by atoms with Crippen LogP contribution >= 0.6 is 7.26 Å². The van der Waals surface area contributed by atoms with Crippen LogP contribution in [0.15, 0.2) is 91.0 Å². The zero-order valence-electron chi connectivity index (χ0n) is 14.9. The molecule has 27 heavy (non-hydrogen) atoms. The SMILES string of the molecule is O[Si](O)(O)CCC[P+](c1ccccc1)(c1ccccc1)c1ccccc1.[I-]. The average molecular weight is 510 g/mol. The molecule has 3 nitrogen and oxygen atoms in total. The van der Waals surface area contributed by atoms with Crippen LogP contribution < -0.4 is 39.9 Å². The fraction of sp³-hybridized carbons (Fsp3) is 0.143. The van der Waals surface area contributed by atoms with E-state index in [4.69, 9.17) is 0 Å². The summed E-state index contributed by atoms with van der Waals surface area (Å²) >= 11 is 0. The summed E-state index contributed by atoms with van der Waals surface area (Å²) in [6.45, 7) is 0. The molecule has 142 valence electrons. The first-order chi connectivity index (χ1) is 12.5. The quantitative estimate of drug-likeness (QED) is 0.224. The van der Waals surface area contributed by atoms with E-state index in [9.17, 15) is 14.4 Å². The van der Waals surface area contributed by atoms with Crippen molar-refractivity contribution in [2.24, 2.45) is 0 Å². The first-order valence-corrected chi connectivity index (χ1v) is 12.8. The van der Waals surface area contributed by atoms with E-state index in [0.717, 1.165) is 6.16 Å². The first kappa shape index (κ1) is 22.2. The Morgan fingerprint density at radius 2 is 0.926 bits per heavy atom. The Kier molecular flexibility index (Phi) is 8.15. The molecule has 3 N–H and O–H groups in total. The molecule has 0 aliphatic carbocycles. The Bertz CT molecular complexity index is 714. The summed E-state index contributed by atoms with van der Waals surface area (Å²) in [7, 11) is -5.99. The van der Waals surface area contributed by atoms with Crippen LogP contribution in [0.25, 0.3) is 0 Å². The summed E-state index contributed by atoms with van der Waals surface area (Å²) in [6, 6.07) is 31.4.